The molecule has 2 heterocycles. The summed E-state index contributed by atoms with van der Waals surface area (Å²) in [4.78, 5) is 4.36. The standard InChI is InChI=1S/C16H15BN2O3/c1-9-4-14(5-13-8-21-17(20)16(9)13)22-15-6-12(7-18)10(2)11(3)19-15/h4-6,20H,8H2,1-3H3. The lowest BCUT2D eigenvalue weighted by atomic mass is 9.76. The van der Waals surface area contributed by atoms with Crippen molar-refractivity contribution in [3.63, 3.8) is 0 Å². The molecule has 0 aliphatic carbocycles. The fraction of sp³-hybridized carbons (Fsp3) is 0.250. The number of rotatable bonds is 2. The lowest BCUT2D eigenvalue weighted by Gasteiger charge is -2.11. The van der Waals surface area contributed by atoms with Gasteiger partial charge in [-0.15, -0.1) is 0 Å². The first-order chi connectivity index (χ1) is 10.5. The molecule has 1 aromatic heterocycles. The molecule has 0 spiro atoms. The molecule has 0 amide bonds. The fourth-order valence-corrected chi connectivity index (χ4v) is 2.62. The van der Waals surface area contributed by atoms with Crippen molar-refractivity contribution in [1.82, 2.24) is 4.98 Å². The quantitative estimate of drug-likeness (QED) is 0.856. The van der Waals surface area contributed by atoms with E-state index in [0.717, 1.165) is 27.8 Å². The van der Waals surface area contributed by atoms with Crippen LogP contribution in [-0.4, -0.2) is 17.1 Å². The van der Waals surface area contributed by atoms with E-state index in [1.165, 1.54) is 0 Å². The summed E-state index contributed by atoms with van der Waals surface area (Å²) in [5.74, 6) is 1.01. The molecule has 0 unspecified atom stereocenters. The zero-order valence-electron chi connectivity index (χ0n) is 12.7. The molecule has 0 saturated carbocycles. The summed E-state index contributed by atoms with van der Waals surface area (Å²) >= 11 is 0. The largest absolute Gasteiger partial charge is 0.492 e. The topological polar surface area (TPSA) is 75.4 Å². The molecule has 0 atom stereocenters. The first-order valence-corrected chi connectivity index (χ1v) is 6.99. The van der Waals surface area contributed by atoms with Crippen LogP contribution in [0.25, 0.3) is 0 Å². The molecule has 2 aromatic rings. The number of pyridine rings is 1. The number of ether oxygens (including phenoxy) is 1. The Balaban J connectivity index is 1.97. The summed E-state index contributed by atoms with van der Waals surface area (Å²) in [5, 5.41) is 18.9. The van der Waals surface area contributed by atoms with Crippen molar-refractivity contribution >= 4 is 12.6 Å². The molecule has 22 heavy (non-hydrogen) atoms. The number of benzene rings is 1. The predicted molar refractivity (Wildman–Crippen MR) is 82.1 cm³/mol. The van der Waals surface area contributed by atoms with Gasteiger partial charge in [-0.25, -0.2) is 4.98 Å². The van der Waals surface area contributed by atoms with Crippen LogP contribution < -0.4 is 10.2 Å². The zero-order valence-corrected chi connectivity index (χ0v) is 12.7. The maximum Gasteiger partial charge on any atom is 0.492 e. The highest BCUT2D eigenvalue weighted by molar-refractivity contribution is 6.62. The molecule has 5 nitrogen and oxygen atoms in total. The third kappa shape index (κ3) is 2.45. The van der Waals surface area contributed by atoms with Gasteiger partial charge in [0, 0.05) is 11.8 Å². The summed E-state index contributed by atoms with van der Waals surface area (Å²) < 4.78 is 11.0. The number of aryl methyl sites for hydroxylation is 2. The highest BCUT2D eigenvalue weighted by atomic mass is 16.5. The molecule has 110 valence electrons. The number of hydrogen-bond acceptors (Lipinski definition) is 5. The van der Waals surface area contributed by atoms with E-state index in [0.29, 0.717) is 23.8 Å². The monoisotopic (exact) mass is 294 g/mol. The third-order valence-corrected chi connectivity index (χ3v) is 3.92. The maximum atomic E-state index is 9.77. The van der Waals surface area contributed by atoms with E-state index in [4.69, 9.17) is 14.7 Å². The molecule has 0 bridgehead atoms. The molecule has 1 aromatic carbocycles. The molecule has 0 radical (unpaired) electrons. The van der Waals surface area contributed by atoms with Gasteiger partial charge in [-0.05, 0) is 55.1 Å². The summed E-state index contributed by atoms with van der Waals surface area (Å²) in [5.41, 5.74) is 4.80. The second-order valence-electron chi connectivity index (χ2n) is 5.41. The van der Waals surface area contributed by atoms with Crippen molar-refractivity contribution in [2.75, 3.05) is 0 Å². The van der Waals surface area contributed by atoms with E-state index in [1.807, 2.05) is 32.9 Å². The van der Waals surface area contributed by atoms with Gasteiger partial charge in [-0.2, -0.15) is 5.26 Å². The van der Waals surface area contributed by atoms with Crippen LogP contribution in [-0.2, 0) is 11.3 Å². The van der Waals surface area contributed by atoms with E-state index < -0.39 is 7.12 Å². The summed E-state index contributed by atoms with van der Waals surface area (Å²) in [7, 11) is -0.867. The normalized spacial score (nSPS) is 13.0. The Kier molecular flexibility index (Phi) is 3.61. The predicted octanol–water partition coefficient (Wildman–Crippen LogP) is 1.89. The molecule has 3 rings (SSSR count). The van der Waals surface area contributed by atoms with Crippen molar-refractivity contribution in [2.24, 2.45) is 0 Å². The van der Waals surface area contributed by atoms with Crippen LogP contribution >= 0.6 is 0 Å². The van der Waals surface area contributed by atoms with Crippen molar-refractivity contribution in [3.8, 4) is 17.7 Å². The van der Waals surface area contributed by atoms with Gasteiger partial charge in [0.2, 0.25) is 5.88 Å². The summed E-state index contributed by atoms with van der Waals surface area (Å²) in [6, 6.07) is 7.45. The van der Waals surface area contributed by atoms with E-state index >= 15 is 0 Å². The van der Waals surface area contributed by atoms with Gasteiger partial charge >= 0.3 is 7.12 Å². The molecule has 1 aliphatic heterocycles. The lowest BCUT2D eigenvalue weighted by molar-refractivity contribution is 0.275. The van der Waals surface area contributed by atoms with E-state index in [-0.39, 0.29) is 0 Å². The van der Waals surface area contributed by atoms with Crippen LogP contribution in [0.15, 0.2) is 18.2 Å². The van der Waals surface area contributed by atoms with Gasteiger partial charge in [0.05, 0.1) is 18.2 Å². The van der Waals surface area contributed by atoms with Crippen LogP contribution in [0.2, 0.25) is 0 Å². The van der Waals surface area contributed by atoms with Gasteiger partial charge in [0.15, 0.2) is 0 Å². The first kappa shape index (κ1) is 14.6. The molecule has 1 N–H and O–H groups in total. The number of aromatic nitrogens is 1. The molecular weight excluding hydrogens is 279 g/mol. The van der Waals surface area contributed by atoms with E-state index in [9.17, 15) is 5.02 Å². The number of hydrogen-bond donors (Lipinski definition) is 1. The van der Waals surface area contributed by atoms with Gasteiger partial charge in [-0.1, -0.05) is 0 Å². The molecule has 6 heteroatoms. The molecule has 0 fully saturated rings. The molecular formula is C16H15BN2O3. The Morgan fingerprint density at radius 1 is 1.32 bits per heavy atom. The van der Waals surface area contributed by atoms with Gasteiger partial charge in [0.25, 0.3) is 0 Å². The Bertz CT molecular complexity index is 799. The maximum absolute atomic E-state index is 9.77. The van der Waals surface area contributed by atoms with Crippen molar-refractivity contribution in [2.45, 2.75) is 27.4 Å². The molecule has 0 saturated heterocycles. The summed E-state index contributed by atoms with van der Waals surface area (Å²) in [6.45, 7) is 5.97. The lowest BCUT2D eigenvalue weighted by Crippen LogP contribution is -2.30. The average molecular weight is 294 g/mol. The Morgan fingerprint density at radius 2 is 2.09 bits per heavy atom. The van der Waals surface area contributed by atoms with Crippen LogP contribution in [0.5, 0.6) is 11.6 Å². The number of nitrogens with zero attached hydrogens (tertiary/aromatic N) is 2. The second-order valence-corrected chi connectivity index (χ2v) is 5.41. The smallest absolute Gasteiger partial charge is 0.439 e. The first-order valence-electron chi connectivity index (χ1n) is 6.99. The average Bonchev–Trinajstić information content (AvgIpc) is 2.84. The second kappa shape index (κ2) is 5.45. The Hall–Kier alpha value is -2.36. The van der Waals surface area contributed by atoms with Gasteiger partial charge in [-0.3, -0.25) is 0 Å². The minimum absolute atomic E-state index is 0.359. The van der Waals surface area contributed by atoms with Gasteiger partial charge in [0.1, 0.15) is 5.75 Å². The number of fused-ring (bicyclic) bond motifs is 1. The Labute approximate surface area is 129 Å². The van der Waals surface area contributed by atoms with Crippen LogP contribution in [0.1, 0.15) is 27.9 Å². The minimum Gasteiger partial charge on any atom is -0.439 e. The van der Waals surface area contributed by atoms with Crippen molar-refractivity contribution in [3.05, 3.63) is 46.1 Å². The van der Waals surface area contributed by atoms with Crippen molar-refractivity contribution in [1.29, 1.82) is 5.26 Å². The van der Waals surface area contributed by atoms with Crippen LogP contribution in [0.4, 0.5) is 0 Å². The summed E-state index contributed by atoms with van der Waals surface area (Å²) in [6.07, 6.45) is 0. The van der Waals surface area contributed by atoms with Crippen molar-refractivity contribution < 1.29 is 14.4 Å². The minimum atomic E-state index is -0.867. The highest BCUT2D eigenvalue weighted by Gasteiger charge is 2.29. The SMILES string of the molecule is Cc1cc(Oc2cc(C#N)c(C)c(C)n2)cc2c1B(O)OC2. The fourth-order valence-electron chi connectivity index (χ4n) is 2.62. The van der Waals surface area contributed by atoms with Gasteiger partial charge < -0.3 is 14.4 Å². The highest BCUT2D eigenvalue weighted by Crippen LogP contribution is 2.26. The molecule has 1 aliphatic rings. The number of nitriles is 1. The Morgan fingerprint density at radius 3 is 2.82 bits per heavy atom. The zero-order chi connectivity index (χ0) is 15.9. The third-order valence-electron chi connectivity index (χ3n) is 3.92. The van der Waals surface area contributed by atoms with Crippen LogP contribution in [0.3, 0.4) is 0 Å². The van der Waals surface area contributed by atoms with E-state index in [2.05, 4.69) is 11.1 Å². The van der Waals surface area contributed by atoms with E-state index in [1.54, 1.807) is 6.07 Å². The van der Waals surface area contributed by atoms with Crippen LogP contribution in [0, 0.1) is 32.1 Å².